The Morgan fingerprint density at radius 2 is 2.00 bits per heavy atom. The number of fused-ring (bicyclic) bond motifs is 4. The molecule has 3 N–H and O–H groups in total. The minimum absolute atomic E-state index is 0.558. The van der Waals surface area contributed by atoms with E-state index >= 15 is 0 Å². The van der Waals surface area contributed by atoms with Gasteiger partial charge < -0.3 is 10.7 Å². The lowest BCUT2D eigenvalue weighted by Crippen LogP contribution is -2.00. The molecule has 0 bridgehead atoms. The standard InChI is InChI=1S/C18H17N3/c19-11-6-8-14-15(9-11)21-18(20-14)17-13-7-5-10-3-1-2-4-12(10)16(13)17/h1-4,6,8-9,13,16-17H,5,7,19H2,(H,20,21). The van der Waals surface area contributed by atoms with Crippen molar-refractivity contribution in [2.45, 2.75) is 24.7 Å². The zero-order valence-electron chi connectivity index (χ0n) is 11.7. The summed E-state index contributed by atoms with van der Waals surface area (Å²) in [5.74, 6) is 3.12. The normalized spacial score (nSPS) is 26.4. The summed E-state index contributed by atoms with van der Waals surface area (Å²) >= 11 is 0. The quantitative estimate of drug-likeness (QED) is 0.667. The first-order valence-corrected chi connectivity index (χ1v) is 7.64. The van der Waals surface area contributed by atoms with Gasteiger partial charge in [0.2, 0.25) is 0 Å². The number of nitrogens with zero attached hydrogens (tertiary/aromatic N) is 1. The maximum absolute atomic E-state index is 5.86. The van der Waals surface area contributed by atoms with Crippen LogP contribution in [0, 0.1) is 5.92 Å². The monoisotopic (exact) mass is 275 g/mol. The van der Waals surface area contributed by atoms with Gasteiger partial charge >= 0.3 is 0 Å². The molecule has 1 aromatic heterocycles. The molecule has 0 radical (unpaired) electrons. The molecule has 0 aliphatic heterocycles. The number of aromatic amines is 1. The lowest BCUT2D eigenvalue weighted by atomic mass is 9.92. The summed E-state index contributed by atoms with van der Waals surface area (Å²) < 4.78 is 0. The number of imidazole rings is 1. The molecule has 21 heavy (non-hydrogen) atoms. The number of nitrogen functional groups attached to an aromatic ring is 1. The third kappa shape index (κ3) is 1.57. The zero-order chi connectivity index (χ0) is 14.0. The minimum atomic E-state index is 0.558. The van der Waals surface area contributed by atoms with Crippen LogP contribution in [0.25, 0.3) is 11.0 Å². The number of H-pyrrole nitrogens is 1. The zero-order valence-corrected chi connectivity index (χ0v) is 11.7. The van der Waals surface area contributed by atoms with E-state index in [0.717, 1.165) is 28.5 Å². The summed E-state index contributed by atoms with van der Waals surface area (Å²) in [6.07, 6.45) is 2.49. The van der Waals surface area contributed by atoms with Gasteiger partial charge in [-0.1, -0.05) is 24.3 Å². The summed E-state index contributed by atoms with van der Waals surface area (Å²) in [6.45, 7) is 0. The van der Waals surface area contributed by atoms with Crippen LogP contribution < -0.4 is 5.73 Å². The van der Waals surface area contributed by atoms with Crippen LogP contribution in [0.15, 0.2) is 42.5 Å². The highest BCUT2D eigenvalue weighted by atomic mass is 15.0. The second kappa shape index (κ2) is 3.88. The Morgan fingerprint density at radius 1 is 1.10 bits per heavy atom. The molecular weight excluding hydrogens is 258 g/mol. The second-order valence-corrected chi connectivity index (χ2v) is 6.35. The summed E-state index contributed by atoms with van der Waals surface area (Å²) in [5.41, 5.74) is 11.8. The van der Waals surface area contributed by atoms with E-state index in [9.17, 15) is 0 Å². The maximum Gasteiger partial charge on any atom is 0.111 e. The van der Waals surface area contributed by atoms with E-state index in [-0.39, 0.29) is 0 Å². The number of aryl methyl sites for hydroxylation is 1. The van der Waals surface area contributed by atoms with Gasteiger partial charge in [0.05, 0.1) is 11.0 Å². The number of aromatic nitrogens is 2. The predicted octanol–water partition coefficient (Wildman–Crippen LogP) is 3.59. The molecule has 1 heterocycles. The summed E-state index contributed by atoms with van der Waals surface area (Å²) in [5, 5.41) is 0. The van der Waals surface area contributed by atoms with Gasteiger partial charge in [-0.2, -0.15) is 0 Å². The number of benzene rings is 2. The molecule has 2 aromatic carbocycles. The van der Waals surface area contributed by atoms with E-state index in [1.54, 1.807) is 5.56 Å². The molecule has 2 aliphatic rings. The largest absolute Gasteiger partial charge is 0.399 e. The van der Waals surface area contributed by atoms with E-state index in [0.29, 0.717) is 11.8 Å². The van der Waals surface area contributed by atoms with Crippen LogP contribution in [0.4, 0.5) is 5.69 Å². The molecule has 0 saturated heterocycles. The van der Waals surface area contributed by atoms with Gasteiger partial charge in [0.1, 0.15) is 5.82 Å². The van der Waals surface area contributed by atoms with Crippen LogP contribution in [-0.2, 0) is 6.42 Å². The molecule has 2 aliphatic carbocycles. The maximum atomic E-state index is 5.86. The highest BCUT2D eigenvalue weighted by molar-refractivity contribution is 5.79. The van der Waals surface area contributed by atoms with Gasteiger partial charge in [-0.15, -0.1) is 0 Å². The highest BCUT2D eigenvalue weighted by Gasteiger charge is 2.55. The molecule has 3 heteroatoms. The fraction of sp³-hybridized carbons (Fsp3) is 0.278. The molecule has 5 rings (SSSR count). The van der Waals surface area contributed by atoms with Crippen molar-refractivity contribution in [2.75, 3.05) is 5.73 Å². The van der Waals surface area contributed by atoms with Crippen LogP contribution in [0.3, 0.4) is 0 Å². The number of nitrogens with one attached hydrogen (secondary N) is 1. The molecule has 3 unspecified atom stereocenters. The predicted molar refractivity (Wildman–Crippen MR) is 84.2 cm³/mol. The van der Waals surface area contributed by atoms with Gasteiger partial charge in [0.15, 0.2) is 0 Å². The Balaban J connectivity index is 1.57. The Hall–Kier alpha value is -2.29. The fourth-order valence-corrected chi connectivity index (χ4v) is 4.14. The number of anilines is 1. The van der Waals surface area contributed by atoms with Crippen LogP contribution in [-0.4, -0.2) is 9.97 Å². The van der Waals surface area contributed by atoms with Crippen molar-refractivity contribution in [2.24, 2.45) is 5.92 Å². The van der Waals surface area contributed by atoms with Crippen molar-refractivity contribution < 1.29 is 0 Å². The molecule has 3 aromatic rings. The van der Waals surface area contributed by atoms with Crippen LogP contribution >= 0.6 is 0 Å². The van der Waals surface area contributed by atoms with Crippen LogP contribution in [0.5, 0.6) is 0 Å². The second-order valence-electron chi connectivity index (χ2n) is 6.35. The van der Waals surface area contributed by atoms with Crippen molar-refractivity contribution >= 4 is 16.7 Å². The number of hydrogen-bond donors (Lipinski definition) is 2. The van der Waals surface area contributed by atoms with Crippen LogP contribution in [0.1, 0.15) is 35.2 Å². The molecular formula is C18H17N3. The molecule has 104 valence electrons. The van der Waals surface area contributed by atoms with E-state index < -0.39 is 0 Å². The summed E-state index contributed by atoms with van der Waals surface area (Å²) in [4.78, 5) is 8.30. The van der Waals surface area contributed by atoms with Gasteiger partial charge in [0.25, 0.3) is 0 Å². The molecule has 0 amide bonds. The molecule has 1 fully saturated rings. The van der Waals surface area contributed by atoms with E-state index in [1.165, 1.54) is 18.4 Å². The third-order valence-corrected chi connectivity index (χ3v) is 5.17. The fourth-order valence-electron chi connectivity index (χ4n) is 4.14. The Bertz CT molecular complexity index is 849. The average Bonchev–Trinajstić information content (AvgIpc) is 3.11. The minimum Gasteiger partial charge on any atom is -0.399 e. The van der Waals surface area contributed by atoms with Crippen molar-refractivity contribution in [3.8, 4) is 0 Å². The van der Waals surface area contributed by atoms with Gasteiger partial charge in [-0.3, -0.25) is 0 Å². The van der Waals surface area contributed by atoms with Crippen molar-refractivity contribution in [3.05, 3.63) is 59.4 Å². The SMILES string of the molecule is Nc1ccc2nc(C3C4CCc5ccccc5C43)[nH]c2c1. The lowest BCUT2D eigenvalue weighted by molar-refractivity contribution is 0.655. The highest BCUT2D eigenvalue weighted by Crippen LogP contribution is 2.64. The summed E-state index contributed by atoms with van der Waals surface area (Å²) in [7, 11) is 0. The van der Waals surface area contributed by atoms with Crippen molar-refractivity contribution in [3.63, 3.8) is 0 Å². The molecule has 0 spiro atoms. The summed E-state index contributed by atoms with van der Waals surface area (Å²) in [6, 6.07) is 14.8. The first kappa shape index (κ1) is 11.4. The number of nitrogens with two attached hydrogens (primary N) is 1. The van der Waals surface area contributed by atoms with Crippen LogP contribution in [0.2, 0.25) is 0 Å². The lowest BCUT2D eigenvalue weighted by Gasteiger charge is -2.13. The molecule has 3 atom stereocenters. The van der Waals surface area contributed by atoms with Gasteiger partial charge in [-0.05, 0) is 54.0 Å². The Kier molecular flexibility index (Phi) is 2.10. The first-order valence-electron chi connectivity index (χ1n) is 7.64. The smallest absolute Gasteiger partial charge is 0.111 e. The topological polar surface area (TPSA) is 54.7 Å². The molecule has 1 saturated carbocycles. The Morgan fingerprint density at radius 3 is 2.95 bits per heavy atom. The van der Waals surface area contributed by atoms with E-state index in [2.05, 4.69) is 29.2 Å². The number of rotatable bonds is 1. The number of hydrogen-bond acceptors (Lipinski definition) is 2. The van der Waals surface area contributed by atoms with Gasteiger partial charge in [-0.25, -0.2) is 4.98 Å². The van der Waals surface area contributed by atoms with Crippen molar-refractivity contribution in [1.82, 2.24) is 9.97 Å². The van der Waals surface area contributed by atoms with E-state index in [4.69, 9.17) is 10.7 Å². The van der Waals surface area contributed by atoms with Crippen molar-refractivity contribution in [1.29, 1.82) is 0 Å². The van der Waals surface area contributed by atoms with Gasteiger partial charge in [0, 0.05) is 11.6 Å². The third-order valence-electron chi connectivity index (χ3n) is 5.17. The Labute approximate surface area is 123 Å². The molecule has 3 nitrogen and oxygen atoms in total. The van der Waals surface area contributed by atoms with E-state index in [1.807, 2.05) is 18.2 Å². The first-order chi connectivity index (χ1) is 10.3. The average molecular weight is 275 g/mol.